The highest BCUT2D eigenvalue weighted by Crippen LogP contribution is 2.39. The van der Waals surface area contributed by atoms with Crippen LogP contribution in [-0.4, -0.2) is 40.2 Å². The fourth-order valence-electron chi connectivity index (χ4n) is 3.67. The molecular formula is C26H25F3N6O3S. The van der Waals surface area contributed by atoms with E-state index in [1.54, 1.807) is 0 Å². The summed E-state index contributed by atoms with van der Waals surface area (Å²) >= 11 is 1.11. The van der Waals surface area contributed by atoms with Crippen molar-refractivity contribution in [3.05, 3.63) is 68.7 Å². The molecule has 0 saturated heterocycles. The summed E-state index contributed by atoms with van der Waals surface area (Å²) in [6.45, 7) is -0.00974. The Morgan fingerprint density at radius 3 is 2.77 bits per heavy atom. The number of hydrogen-bond donors (Lipinski definition) is 3. The Morgan fingerprint density at radius 2 is 2.13 bits per heavy atom. The second-order valence-electron chi connectivity index (χ2n) is 8.65. The van der Waals surface area contributed by atoms with Gasteiger partial charge in [-0.05, 0) is 37.0 Å². The molecule has 1 aliphatic carbocycles. The van der Waals surface area contributed by atoms with Crippen LogP contribution < -0.4 is 21.3 Å². The molecule has 0 radical (unpaired) electrons. The minimum Gasteiger partial charge on any atom is -0.496 e. The average molecular weight is 559 g/mol. The Bertz CT molecular complexity index is 1530. The molecule has 13 heteroatoms. The molecule has 3 aromatic rings. The number of pyridine rings is 1. The first-order chi connectivity index (χ1) is 18.6. The minimum atomic E-state index is -4.63. The van der Waals surface area contributed by atoms with E-state index in [-0.39, 0.29) is 34.1 Å². The maximum atomic E-state index is 13.6. The molecule has 0 bridgehead atoms. The Balaban J connectivity index is 1.80. The lowest BCUT2D eigenvalue weighted by atomic mass is 9.97. The van der Waals surface area contributed by atoms with Gasteiger partial charge in [0, 0.05) is 59.9 Å². The van der Waals surface area contributed by atoms with Gasteiger partial charge in [-0.1, -0.05) is 17.3 Å². The largest absolute Gasteiger partial charge is 0.496 e. The maximum Gasteiger partial charge on any atom is 0.416 e. The molecule has 4 rings (SSSR count). The van der Waals surface area contributed by atoms with Crippen LogP contribution in [0, 0.1) is 17.8 Å². The first-order valence-corrected chi connectivity index (χ1v) is 12.6. The van der Waals surface area contributed by atoms with Crippen LogP contribution in [0.5, 0.6) is 5.75 Å². The Kier molecular flexibility index (Phi) is 8.37. The normalized spacial score (nSPS) is 14.7. The fraction of sp³-hybridized carbons (Fsp3) is 0.308. The topological polar surface area (TPSA) is 128 Å². The molecule has 1 saturated carbocycles. The van der Waals surface area contributed by atoms with Gasteiger partial charge in [0.05, 0.1) is 19.2 Å². The monoisotopic (exact) mass is 558 g/mol. The van der Waals surface area contributed by atoms with Crippen molar-refractivity contribution in [3.8, 4) is 28.7 Å². The lowest BCUT2D eigenvalue weighted by Gasteiger charge is -2.20. The van der Waals surface area contributed by atoms with E-state index in [0.717, 1.165) is 42.4 Å². The molecule has 204 valence electrons. The minimum absolute atomic E-state index is 0.00974. The second kappa shape index (κ2) is 11.7. The van der Waals surface area contributed by atoms with Crippen molar-refractivity contribution in [2.75, 3.05) is 19.5 Å². The van der Waals surface area contributed by atoms with E-state index in [0.29, 0.717) is 16.5 Å². The maximum absolute atomic E-state index is 13.6. The summed E-state index contributed by atoms with van der Waals surface area (Å²) in [6.07, 6.45) is 0.0199. The number of nitrogens with zero attached hydrogens (tertiary/aromatic N) is 4. The van der Waals surface area contributed by atoms with E-state index in [1.807, 2.05) is 0 Å². The molecule has 1 aliphatic rings. The highest BCUT2D eigenvalue weighted by Gasteiger charge is 2.32. The van der Waals surface area contributed by atoms with Crippen molar-refractivity contribution >= 4 is 22.7 Å². The van der Waals surface area contributed by atoms with Crippen LogP contribution in [0.2, 0.25) is 0 Å². The average Bonchev–Trinajstić information content (AvgIpc) is 3.64. The van der Waals surface area contributed by atoms with Crippen molar-refractivity contribution in [1.29, 1.82) is 0 Å². The molecular weight excluding hydrogens is 533 g/mol. The molecule has 2 heterocycles. The highest BCUT2D eigenvalue weighted by molar-refractivity contribution is 7.15. The third kappa shape index (κ3) is 6.84. The van der Waals surface area contributed by atoms with Gasteiger partial charge >= 0.3 is 6.18 Å². The summed E-state index contributed by atoms with van der Waals surface area (Å²) in [5.41, 5.74) is 4.83. The van der Waals surface area contributed by atoms with E-state index in [9.17, 15) is 23.1 Å². The fourth-order valence-corrected chi connectivity index (χ4v) is 4.30. The van der Waals surface area contributed by atoms with E-state index in [2.05, 4.69) is 32.3 Å². The van der Waals surface area contributed by atoms with E-state index < -0.39 is 23.5 Å². The van der Waals surface area contributed by atoms with Gasteiger partial charge in [-0.2, -0.15) is 13.2 Å². The first kappa shape index (κ1) is 27.9. The smallest absolute Gasteiger partial charge is 0.416 e. The number of nitrogens with two attached hydrogens (primary N) is 1. The second-order valence-corrected chi connectivity index (χ2v) is 9.63. The third-order valence-corrected chi connectivity index (χ3v) is 6.55. The number of methoxy groups -OCH3 is 1. The molecule has 9 nitrogen and oxygen atoms in total. The number of allylic oxidation sites excluding steroid dienone is 1. The lowest BCUT2D eigenvalue weighted by Crippen LogP contribution is -2.24. The van der Waals surface area contributed by atoms with Crippen LogP contribution >= 0.6 is 11.3 Å². The molecule has 2 aromatic heterocycles. The number of nitrogens with one attached hydrogen (secondary N) is 1. The zero-order valence-corrected chi connectivity index (χ0v) is 21.8. The number of aliphatic imine (C=N–C) groups is 1. The molecule has 39 heavy (non-hydrogen) atoms. The van der Waals surface area contributed by atoms with Crippen molar-refractivity contribution in [3.63, 3.8) is 0 Å². The molecule has 0 amide bonds. The number of rotatable bonds is 8. The number of aromatic nitrogens is 3. The van der Waals surface area contributed by atoms with Crippen molar-refractivity contribution < 1.29 is 23.0 Å². The zero-order valence-electron chi connectivity index (χ0n) is 21.0. The number of aliphatic hydroxyl groups excluding tert-OH is 1. The van der Waals surface area contributed by atoms with E-state index in [4.69, 9.17) is 10.5 Å². The number of anilines is 1. The summed E-state index contributed by atoms with van der Waals surface area (Å²) in [5, 5.41) is 22.5. The summed E-state index contributed by atoms with van der Waals surface area (Å²) in [4.78, 5) is 16.9. The first-order valence-electron chi connectivity index (χ1n) is 11.8. The molecule has 1 aromatic carbocycles. The molecule has 1 unspecified atom stereocenters. The van der Waals surface area contributed by atoms with Gasteiger partial charge in [0.1, 0.15) is 5.75 Å². The quantitative estimate of drug-likeness (QED) is 0.218. The van der Waals surface area contributed by atoms with E-state index >= 15 is 0 Å². The van der Waals surface area contributed by atoms with Crippen LogP contribution in [0.25, 0.3) is 11.1 Å². The number of aliphatic hydroxyl groups is 1. The molecule has 1 atom stereocenters. The summed E-state index contributed by atoms with van der Waals surface area (Å²) in [7, 11) is 2.85. The third-order valence-electron chi connectivity index (χ3n) is 5.78. The predicted molar refractivity (Wildman–Crippen MR) is 142 cm³/mol. The SMILES string of the molecule is CN=C/C(=C\N)Cn1cc(-c2cc(C(F)(F)F)ccc2OC)c(C(O)Nc2nnc(C#CC3CC3)s2)cc1=O. The highest BCUT2D eigenvalue weighted by atomic mass is 32.1. The van der Waals surface area contributed by atoms with Gasteiger partial charge in [0.25, 0.3) is 5.56 Å². The van der Waals surface area contributed by atoms with Gasteiger partial charge in [0.15, 0.2) is 11.2 Å². The van der Waals surface area contributed by atoms with Gasteiger partial charge in [-0.3, -0.25) is 9.79 Å². The van der Waals surface area contributed by atoms with Crippen molar-refractivity contribution in [2.24, 2.45) is 16.6 Å². The van der Waals surface area contributed by atoms with Gasteiger partial charge in [-0.25, -0.2) is 0 Å². The molecule has 1 fully saturated rings. The summed E-state index contributed by atoms with van der Waals surface area (Å²) in [6, 6.07) is 4.12. The van der Waals surface area contributed by atoms with Gasteiger partial charge in [0.2, 0.25) is 5.13 Å². The summed E-state index contributed by atoms with van der Waals surface area (Å²) in [5.74, 6) is 6.48. The van der Waals surface area contributed by atoms with E-state index in [1.165, 1.54) is 43.4 Å². The van der Waals surface area contributed by atoms with Crippen molar-refractivity contribution in [1.82, 2.24) is 14.8 Å². The van der Waals surface area contributed by atoms with Crippen molar-refractivity contribution in [2.45, 2.75) is 31.8 Å². The molecule has 0 aliphatic heterocycles. The predicted octanol–water partition coefficient (Wildman–Crippen LogP) is 3.80. The van der Waals surface area contributed by atoms with Crippen LogP contribution in [0.4, 0.5) is 18.3 Å². The number of hydrogen-bond acceptors (Lipinski definition) is 9. The number of ether oxygens (including phenoxy) is 1. The van der Waals surface area contributed by atoms with Crippen LogP contribution in [0.3, 0.4) is 0 Å². The molecule has 0 spiro atoms. The van der Waals surface area contributed by atoms with Crippen LogP contribution in [-0.2, 0) is 12.7 Å². The summed E-state index contributed by atoms with van der Waals surface area (Å²) < 4.78 is 47.4. The number of alkyl halides is 3. The lowest BCUT2D eigenvalue weighted by molar-refractivity contribution is -0.137. The molecule has 4 N–H and O–H groups in total. The standard InChI is InChI=1S/C26H25F3N6O3S/c1-31-12-16(11-30)13-35-14-20(18-9-17(26(27,28)29)6-7-21(18)38-2)19(10-23(35)36)24(37)32-25-34-33-22(39-25)8-5-15-3-4-15/h6-7,9-12,14-15,24,37H,3-4,13,30H2,1-2H3,(H,32,34)/b16-11+,31-12?. The Hall–Kier alpha value is -4.15. The number of benzene rings is 1. The van der Waals surface area contributed by atoms with Crippen LogP contribution in [0.15, 0.2) is 52.0 Å². The van der Waals surface area contributed by atoms with Gasteiger partial charge in [-0.15, -0.1) is 10.2 Å². The van der Waals surface area contributed by atoms with Gasteiger partial charge < -0.3 is 25.5 Å². The zero-order chi connectivity index (χ0) is 28.2. The number of halogens is 3. The Morgan fingerprint density at radius 1 is 1.36 bits per heavy atom. The van der Waals surface area contributed by atoms with Crippen LogP contribution in [0.1, 0.15) is 35.2 Å². The Labute approximate surface area is 225 Å².